The molecule has 0 bridgehead atoms. The fraction of sp³-hybridized carbons (Fsp3) is 0.667. The van der Waals surface area contributed by atoms with E-state index in [0.29, 0.717) is 0 Å². The number of rotatable bonds is 6. The molecule has 3 heteroatoms. The topological polar surface area (TPSA) is 32.5 Å². The van der Waals surface area contributed by atoms with Crippen LogP contribution in [-0.4, -0.2) is 43.7 Å². The number of anilines is 1. The molecule has 1 atom stereocenters. The fourth-order valence-electron chi connectivity index (χ4n) is 2.99. The molecule has 0 saturated carbocycles. The first-order chi connectivity index (χ1) is 10.1. The predicted molar refractivity (Wildman–Crippen MR) is 91.9 cm³/mol. The Hall–Kier alpha value is -1.06. The van der Waals surface area contributed by atoms with Gasteiger partial charge in [-0.3, -0.25) is 4.90 Å². The molecule has 1 aromatic rings. The van der Waals surface area contributed by atoms with Crippen molar-refractivity contribution in [2.45, 2.75) is 39.7 Å². The van der Waals surface area contributed by atoms with E-state index < -0.39 is 0 Å². The summed E-state index contributed by atoms with van der Waals surface area (Å²) in [4.78, 5) is 5.08. The third-order valence-electron chi connectivity index (χ3n) is 4.32. The lowest BCUT2D eigenvalue weighted by Gasteiger charge is -2.36. The summed E-state index contributed by atoms with van der Waals surface area (Å²) in [6.07, 6.45) is 2.03. The molecular formula is C18H31N3. The van der Waals surface area contributed by atoms with Crippen molar-refractivity contribution >= 4 is 5.69 Å². The Balaban J connectivity index is 1.86. The monoisotopic (exact) mass is 289 g/mol. The maximum Gasteiger partial charge on any atom is 0.0367 e. The molecule has 0 spiro atoms. The number of nitrogens with two attached hydrogens (primary N) is 1. The van der Waals surface area contributed by atoms with Crippen LogP contribution >= 0.6 is 0 Å². The van der Waals surface area contributed by atoms with Crippen molar-refractivity contribution in [3.8, 4) is 0 Å². The average molecular weight is 289 g/mol. The highest BCUT2D eigenvalue weighted by Crippen LogP contribution is 2.18. The van der Waals surface area contributed by atoms with Crippen LogP contribution in [0.4, 0.5) is 5.69 Å². The van der Waals surface area contributed by atoms with Gasteiger partial charge < -0.3 is 10.6 Å². The number of piperazine rings is 1. The number of nitrogens with zero attached hydrogens (tertiary/aromatic N) is 2. The fourth-order valence-corrected chi connectivity index (χ4v) is 2.99. The van der Waals surface area contributed by atoms with Gasteiger partial charge in [0.05, 0.1) is 0 Å². The van der Waals surface area contributed by atoms with Gasteiger partial charge in [-0.1, -0.05) is 32.9 Å². The minimum Gasteiger partial charge on any atom is -0.369 e. The minimum absolute atomic E-state index is 0.287. The van der Waals surface area contributed by atoms with Crippen LogP contribution in [0.15, 0.2) is 24.3 Å². The number of hydrogen-bond acceptors (Lipinski definition) is 3. The van der Waals surface area contributed by atoms with Crippen molar-refractivity contribution in [3.05, 3.63) is 29.8 Å². The Morgan fingerprint density at radius 2 is 1.67 bits per heavy atom. The Bertz CT molecular complexity index is 405. The second kappa shape index (κ2) is 7.81. The quantitative estimate of drug-likeness (QED) is 0.874. The van der Waals surface area contributed by atoms with Gasteiger partial charge in [0.15, 0.2) is 0 Å². The summed E-state index contributed by atoms with van der Waals surface area (Å²) >= 11 is 0. The first-order valence-corrected chi connectivity index (χ1v) is 8.40. The van der Waals surface area contributed by atoms with Gasteiger partial charge in [-0.15, -0.1) is 0 Å². The lowest BCUT2D eigenvalue weighted by molar-refractivity contribution is 0.231. The van der Waals surface area contributed by atoms with Crippen LogP contribution in [-0.2, 0) is 6.42 Å². The normalized spacial score (nSPS) is 18.2. The molecule has 1 saturated heterocycles. The Morgan fingerprint density at radius 1 is 1.05 bits per heavy atom. The summed E-state index contributed by atoms with van der Waals surface area (Å²) in [6.45, 7) is 12.6. The summed E-state index contributed by atoms with van der Waals surface area (Å²) in [5.74, 6) is 0.763. The van der Waals surface area contributed by atoms with Crippen LogP contribution in [0.5, 0.6) is 0 Å². The maximum absolute atomic E-state index is 6.02. The highest BCUT2D eigenvalue weighted by atomic mass is 15.3. The standard InChI is InChI=1S/C18H31N3/c1-4-17(19)13-16-5-7-18(8-6-16)21-11-9-20(10-12-21)14-15(2)3/h5-8,15,17H,4,9-14,19H2,1-3H3. The summed E-state index contributed by atoms with van der Waals surface area (Å²) in [5, 5.41) is 0. The third kappa shape index (κ3) is 5.01. The third-order valence-corrected chi connectivity index (χ3v) is 4.32. The Morgan fingerprint density at radius 3 is 2.19 bits per heavy atom. The summed E-state index contributed by atoms with van der Waals surface area (Å²) in [7, 11) is 0. The van der Waals surface area contributed by atoms with Crippen LogP contribution in [0.1, 0.15) is 32.8 Å². The summed E-state index contributed by atoms with van der Waals surface area (Å²) in [5.41, 5.74) is 8.73. The first-order valence-electron chi connectivity index (χ1n) is 8.40. The van der Waals surface area contributed by atoms with Gasteiger partial charge >= 0.3 is 0 Å². The average Bonchev–Trinajstić information content (AvgIpc) is 2.48. The van der Waals surface area contributed by atoms with Crippen LogP contribution < -0.4 is 10.6 Å². The second-order valence-electron chi connectivity index (χ2n) is 6.72. The van der Waals surface area contributed by atoms with Gasteiger partial charge in [0.25, 0.3) is 0 Å². The van der Waals surface area contributed by atoms with Gasteiger partial charge in [0.2, 0.25) is 0 Å². The van der Waals surface area contributed by atoms with E-state index in [2.05, 4.69) is 54.8 Å². The molecule has 1 aliphatic rings. The number of hydrogen-bond donors (Lipinski definition) is 1. The zero-order valence-electron chi connectivity index (χ0n) is 13.9. The van der Waals surface area contributed by atoms with Gasteiger partial charge in [-0.25, -0.2) is 0 Å². The molecule has 0 aliphatic carbocycles. The largest absolute Gasteiger partial charge is 0.369 e. The Labute approximate surface area is 130 Å². The molecule has 118 valence electrons. The molecule has 3 nitrogen and oxygen atoms in total. The van der Waals surface area contributed by atoms with E-state index in [4.69, 9.17) is 5.73 Å². The van der Waals surface area contributed by atoms with Crippen LogP contribution in [0, 0.1) is 5.92 Å². The van der Waals surface area contributed by atoms with E-state index in [1.165, 1.54) is 30.9 Å². The van der Waals surface area contributed by atoms with Crippen molar-refractivity contribution in [1.29, 1.82) is 0 Å². The first kappa shape index (κ1) is 16.3. The SMILES string of the molecule is CCC(N)Cc1ccc(N2CCN(CC(C)C)CC2)cc1. The van der Waals surface area contributed by atoms with E-state index in [-0.39, 0.29) is 6.04 Å². The van der Waals surface area contributed by atoms with E-state index in [9.17, 15) is 0 Å². The minimum atomic E-state index is 0.287. The molecule has 1 unspecified atom stereocenters. The zero-order valence-corrected chi connectivity index (χ0v) is 13.9. The summed E-state index contributed by atoms with van der Waals surface area (Å²) in [6, 6.07) is 9.29. The van der Waals surface area contributed by atoms with Gasteiger partial charge in [0, 0.05) is 44.5 Å². The van der Waals surface area contributed by atoms with Crippen LogP contribution in [0.2, 0.25) is 0 Å². The predicted octanol–water partition coefficient (Wildman–Crippen LogP) is 2.74. The van der Waals surface area contributed by atoms with E-state index in [1.807, 2.05) is 0 Å². The van der Waals surface area contributed by atoms with Crippen LogP contribution in [0.25, 0.3) is 0 Å². The molecule has 0 aromatic heterocycles. The van der Waals surface area contributed by atoms with Crippen molar-refractivity contribution in [1.82, 2.24) is 4.90 Å². The molecule has 1 aliphatic heterocycles. The second-order valence-corrected chi connectivity index (χ2v) is 6.72. The molecule has 1 heterocycles. The van der Waals surface area contributed by atoms with E-state index in [0.717, 1.165) is 31.8 Å². The van der Waals surface area contributed by atoms with Crippen molar-refractivity contribution < 1.29 is 0 Å². The zero-order chi connectivity index (χ0) is 15.2. The molecule has 1 aromatic carbocycles. The maximum atomic E-state index is 6.02. The Kier molecular flexibility index (Phi) is 6.07. The van der Waals surface area contributed by atoms with E-state index in [1.54, 1.807) is 0 Å². The smallest absolute Gasteiger partial charge is 0.0367 e. The van der Waals surface area contributed by atoms with Gasteiger partial charge in [-0.05, 0) is 36.5 Å². The molecule has 0 amide bonds. The lowest BCUT2D eigenvalue weighted by Crippen LogP contribution is -2.47. The molecule has 1 fully saturated rings. The lowest BCUT2D eigenvalue weighted by atomic mass is 10.0. The van der Waals surface area contributed by atoms with Gasteiger partial charge in [-0.2, -0.15) is 0 Å². The highest BCUT2D eigenvalue weighted by molar-refractivity contribution is 5.48. The highest BCUT2D eigenvalue weighted by Gasteiger charge is 2.17. The molecule has 0 radical (unpaired) electrons. The van der Waals surface area contributed by atoms with Crippen molar-refractivity contribution in [2.24, 2.45) is 11.7 Å². The van der Waals surface area contributed by atoms with Gasteiger partial charge in [0.1, 0.15) is 0 Å². The van der Waals surface area contributed by atoms with Crippen molar-refractivity contribution in [2.75, 3.05) is 37.6 Å². The number of benzene rings is 1. The summed E-state index contributed by atoms with van der Waals surface area (Å²) < 4.78 is 0. The van der Waals surface area contributed by atoms with Crippen molar-refractivity contribution in [3.63, 3.8) is 0 Å². The molecule has 21 heavy (non-hydrogen) atoms. The molecular weight excluding hydrogens is 258 g/mol. The van der Waals surface area contributed by atoms with E-state index >= 15 is 0 Å². The van der Waals surface area contributed by atoms with Crippen LogP contribution in [0.3, 0.4) is 0 Å². The molecule has 2 rings (SSSR count). The molecule has 2 N–H and O–H groups in total.